The zero-order valence-electron chi connectivity index (χ0n) is 7.24. The average molecular weight is 211 g/mol. The molecular formula is C9H6FNO2S. The summed E-state index contributed by atoms with van der Waals surface area (Å²) >= 11 is 1.19. The van der Waals surface area contributed by atoms with E-state index in [9.17, 15) is 9.18 Å². The lowest BCUT2D eigenvalue weighted by molar-refractivity contribution is 0.0699. The number of benzene rings is 1. The first kappa shape index (κ1) is 9.08. The number of aromatic carboxylic acids is 1. The molecule has 0 aliphatic rings. The van der Waals surface area contributed by atoms with E-state index < -0.39 is 11.8 Å². The van der Waals surface area contributed by atoms with Crippen LogP contribution in [0.5, 0.6) is 0 Å². The summed E-state index contributed by atoms with van der Waals surface area (Å²) in [5.74, 6) is -1.53. The van der Waals surface area contributed by atoms with E-state index in [1.165, 1.54) is 17.4 Å². The summed E-state index contributed by atoms with van der Waals surface area (Å²) in [7, 11) is 0. The third-order valence-corrected chi connectivity index (χ3v) is 2.84. The molecule has 2 rings (SSSR count). The summed E-state index contributed by atoms with van der Waals surface area (Å²) in [6.45, 7) is 1.72. The summed E-state index contributed by atoms with van der Waals surface area (Å²) in [5, 5.41) is 9.50. The molecule has 0 saturated carbocycles. The van der Waals surface area contributed by atoms with Crippen LogP contribution in [0.25, 0.3) is 10.2 Å². The molecule has 0 saturated heterocycles. The van der Waals surface area contributed by atoms with Crippen LogP contribution in [0, 0.1) is 12.7 Å². The highest BCUT2D eigenvalue weighted by atomic mass is 32.1. The fraction of sp³-hybridized carbons (Fsp3) is 0.111. The van der Waals surface area contributed by atoms with Crippen molar-refractivity contribution >= 4 is 27.5 Å². The molecule has 0 aliphatic carbocycles. The minimum absolute atomic E-state index is 0.104. The Morgan fingerprint density at radius 1 is 1.57 bits per heavy atom. The Balaban J connectivity index is 2.87. The highest BCUT2D eigenvalue weighted by molar-refractivity contribution is 7.18. The first-order valence-corrected chi connectivity index (χ1v) is 4.70. The highest BCUT2D eigenvalue weighted by Crippen LogP contribution is 2.27. The van der Waals surface area contributed by atoms with E-state index in [4.69, 9.17) is 5.11 Å². The molecule has 1 aromatic heterocycles. The quantitative estimate of drug-likeness (QED) is 0.788. The van der Waals surface area contributed by atoms with Gasteiger partial charge in [-0.1, -0.05) is 0 Å². The molecule has 5 heteroatoms. The van der Waals surface area contributed by atoms with Gasteiger partial charge in [0.2, 0.25) is 0 Å². The van der Waals surface area contributed by atoms with Gasteiger partial charge in [0.25, 0.3) is 0 Å². The highest BCUT2D eigenvalue weighted by Gasteiger charge is 2.14. The number of carbonyl (C=O) groups is 1. The van der Waals surface area contributed by atoms with E-state index in [0.29, 0.717) is 9.71 Å². The van der Waals surface area contributed by atoms with Gasteiger partial charge in [0.1, 0.15) is 11.3 Å². The Labute approximate surface area is 82.8 Å². The summed E-state index contributed by atoms with van der Waals surface area (Å²) in [5.41, 5.74) is 0.249. The van der Waals surface area contributed by atoms with Crippen molar-refractivity contribution in [3.8, 4) is 0 Å². The molecule has 1 heterocycles. The zero-order chi connectivity index (χ0) is 10.3. The van der Waals surface area contributed by atoms with Crippen LogP contribution >= 0.6 is 11.3 Å². The van der Waals surface area contributed by atoms with Crippen molar-refractivity contribution in [1.29, 1.82) is 0 Å². The molecule has 0 unspecified atom stereocenters. The van der Waals surface area contributed by atoms with Crippen molar-refractivity contribution in [3.05, 3.63) is 28.5 Å². The van der Waals surface area contributed by atoms with Crippen LogP contribution in [0.4, 0.5) is 4.39 Å². The predicted octanol–water partition coefficient (Wildman–Crippen LogP) is 2.44. The van der Waals surface area contributed by atoms with Gasteiger partial charge in [0.15, 0.2) is 0 Å². The van der Waals surface area contributed by atoms with Crippen LogP contribution in [0.3, 0.4) is 0 Å². The zero-order valence-corrected chi connectivity index (χ0v) is 8.06. The van der Waals surface area contributed by atoms with E-state index in [1.807, 2.05) is 0 Å². The number of carboxylic acid groups (broad SMARTS) is 1. The second-order valence-corrected chi connectivity index (χ2v) is 4.01. The van der Waals surface area contributed by atoms with E-state index in [0.717, 1.165) is 6.07 Å². The molecule has 14 heavy (non-hydrogen) atoms. The number of hydrogen-bond donors (Lipinski definition) is 1. The predicted molar refractivity (Wildman–Crippen MR) is 51.3 cm³/mol. The van der Waals surface area contributed by atoms with Gasteiger partial charge in [-0.25, -0.2) is 14.2 Å². The Morgan fingerprint density at radius 2 is 2.29 bits per heavy atom. The van der Waals surface area contributed by atoms with Gasteiger partial charge in [-0.05, 0) is 19.1 Å². The minimum atomic E-state index is -1.06. The van der Waals surface area contributed by atoms with Crippen LogP contribution in [0.15, 0.2) is 12.1 Å². The molecule has 1 N–H and O–H groups in total. The Bertz CT molecular complexity index is 521. The third kappa shape index (κ3) is 1.26. The van der Waals surface area contributed by atoms with E-state index in [2.05, 4.69) is 4.98 Å². The normalized spacial score (nSPS) is 10.7. The number of aryl methyl sites for hydroxylation is 1. The summed E-state index contributed by atoms with van der Waals surface area (Å²) in [4.78, 5) is 14.7. The average Bonchev–Trinajstić information content (AvgIpc) is 2.47. The lowest BCUT2D eigenvalue weighted by atomic mass is 10.2. The molecule has 0 spiro atoms. The maximum Gasteiger partial charge on any atom is 0.337 e. The summed E-state index contributed by atoms with van der Waals surface area (Å²) in [6.07, 6.45) is 0. The van der Waals surface area contributed by atoms with Crippen molar-refractivity contribution in [2.24, 2.45) is 0 Å². The van der Waals surface area contributed by atoms with E-state index in [-0.39, 0.29) is 11.1 Å². The van der Waals surface area contributed by atoms with Gasteiger partial charge >= 0.3 is 5.97 Å². The summed E-state index contributed by atoms with van der Waals surface area (Å²) < 4.78 is 13.6. The van der Waals surface area contributed by atoms with Gasteiger partial charge in [0.05, 0.1) is 15.3 Å². The maximum atomic E-state index is 13.2. The molecule has 72 valence electrons. The minimum Gasteiger partial charge on any atom is -0.478 e. The molecule has 3 nitrogen and oxygen atoms in total. The SMILES string of the molecule is Cc1nc2c(F)ccc(C(=O)O)c2s1. The van der Waals surface area contributed by atoms with Crippen molar-refractivity contribution in [3.63, 3.8) is 0 Å². The number of halogens is 1. The molecule has 0 radical (unpaired) electrons. The standard InChI is InChI=1S/C9H6FNO2S/c1-4-11-7-6(10)3-2-5(9(12)13)8(7)14-4/h2-3H,1H3,(H,12,13). The molecule has 0 fully saturated rings. The number of thiazole rings is 1. The molecule has 0 atom stereocenters. The van der Waals surface area contributed by atoms with E-state index >= 15 is 0 Å². The number of aromatic nitrogens is 1. The van der Waals surface area contributed by atoms with Crippen LogP contribution in [0.2, 0.25) is 0 Å². The van der Waals surface area contributed by atoms with Gasteiger partial charge < -0.3 is 5.11 Å². The van der Waals surface area contributed by atoms with Gasteiger partial charge in [0, 0.05) is 0 Å². The third-order valence-electron chi connectivity index (χ3n) is 1.83. The largest absolute Gasteiger partial charge is 0.478 e. The molecule has 0 amide bonds. The number of carboxylic acids is 1. The number of fused-ring (bicyclic) bond motifs is 1. The van der Waals surface area contributed by atoms with Crippen molar-refractivity contribution in [2.45, 2.75) is 6.92 Å². The fourth-order valence-electron chi connectivity index (χ4n) is 1.25. The Kier molecular flexibility index (Phi) is 1.96. The Morgan fingerprint density at radius 3 is 2.93 bits per heavy atom. The lowest BCUT2D eigenvalue weighted by Crippen LogP contribution is -1.96. The monoisotopic (exact) mass is 211 g/mol. The van der Waals surface area contributed by atoms with Crippen LogP contribution < -0.4 is 0 Å². The summed E-state index contributed by atoms with van der Waals surface area (Å²) in [6, 6.07) is 2.39. The molecule has 1 aromatic carbocycles. The van der Waals surface area contributed by atoms with Gasteiger partial charge in [-0.3, -0.25) is 0 Å². The van der Waals surface area contributed by atoms with Crippen molar-refractivity contribution in [1.82, 2.24) is 4.98 Å². The van der Waals surface area contributed by atoms with Crippen LogP contribution in [-0.4, -0.2) is 16.1 Å². The van der Waals surface area contributed by atoms with Gasteiger partial charge in [-0.15, -0.1) is 11.3 Å². The van der Waals surface area contributed by atoms with Crippen molar-refractivity contribution < 1.29 is 14.3 Å². The molecular weight excluding hydrogens is 205 g/mol. The van der Waals surface area contributed by atoms with Gasteiger partial charge in [-0.2, -0.15) is 0 Å². The van der Waals surface area contributed by atoms with E-state index in [1.54, 1.807) is 6.92 Å². The van der Waals surface area contributed by atoms with Crippen LogP contribution in [-0.2, 0) is 0 Å². The van der Waals surface area contributed by atoms with Crippen LogP contribution in [0.1, 0.15) is 15.4 Å². The smallest absolute Gasteiger partial charge is 0.337 e. The molecule has 0 aliphatic heterocycles. The molecule has 2 aromatic rings. The molecule has 0 bridgehead atoms. The first-order chi connectivity index (χ1) is 6.59. The fourth-order valence-corrected chi connectivity index (χ4v) is 2.19. The number of nitrogens with zero attached hydrogens (tertiary/aromatic N) is 1. The second kappa shape index (κ2) is 3.02. The maximum absolute atomic E-state index is 13.2. The number of rotatable bonds is 1. The number of hydrogen-bond acceptors (Lipinski definition) is 3. The topological polar surface area (TPSA) is 50.2 Å². The lowest BCUT2D eigenvalue weighted by Gasteiger charge is -1.95. The van der Waals surface area contributed by atoms with Crippen molar-refractivity contribution in [2.75, 3.05) is 0 Å². The second-order valence-electron chi connectivity index (χ2n) is 2.81. The Hall–Kier alpha value is -1.49. The first-order valence-electron chi connectivity index (χ1n) is 3.88.